The zero-order chi connectivity index (χ0) is 10.6. The molecule has 0 bridgehead atoms. The monoisotopic (exact) mass is 175 g/mol. The van der Waals surface area contributed by atoms with Crippen molar-refractivity contribution in [2.24, 2.45) is 5.73 Å². The number of rotatable bonds is 3. The second kappa shape index (κ2) is 13.5. The lowest BCUT2D eigenvalue weighted by Crippen LogP contribution is -2.34. The smallest absolute Gasteiger partial charge is 0.0123 e. The van der Waals surface area contributed by atoms with Gasteiger partial charge in [-0.1, -0.05) is 48.0 Å². The van der Waals surface area contributed by atoms with Crippen LogP contribution in [0.25, 0.3) is 0 Å². The van der Waals surface area contributed by atoms with E-state index >= 15 is 0 Å². The van der Waals surface area contributed by atoms with E-state index in [-0.39, 0.29) is 5.54 Å². The van der Waals surface area contributed by atoms with Gasteiger partial charge in [-0.25, -0.2) is 0 Å². The van der Waals surface area contributed by atoms with Gasteiger partial charge in [0.25, 0.3) is 0 Å². The van der Waals surface area contributed by atoms with Gasteiger partial charge in [0.1, 0.15) is 0 Å². The summed E-state index contributed by atoms with van der Waals surface area (Å²) in [6, 6.07) is 0. The van der Waals surface area contributed by atoms with Crippen molar-refractivity contribution in [2.75, 3.05) is 0 Å². The van der Waals surface area contributed by atoms with Gasteiger partial charge in [-0.3, -0.25) is 0 Å². The van der Waals surface area contributed by atoms with Crippen LogP contribution in [0.3, 0.4) is 0 Å². The van der Waals surface area contributed by atoms with Crippen molar-refractivity contribution in [3.63, 3.8) is 0 Å². The summed E-state index contributed by atoms with van der Waals surface area (Å²) in [6.07, 6.45) is 3.42. The van der Waals surface area contributed by atoms with Crippen molar-refractivity contribution < 1.29 is 0 Å². The molecule has 0 saturated heterocycles. The van der Waals surface area contributed by atoms with Crippen LogP contribution in [-0.4, -0.2) is 5.54 Å². The zero-order valence-electron chi connectivity index (χ0n) is 10.2. The van der Waals surface area contributed by atoms with Gasteiger partial charge < -0.3 is 5.73 Å². The predicted molar refractivity (Wildman–Crippen MR) is 60.5 cm³/mol. The Hall–Kier alpha value is -0.0400. The zero-order valence-corrected chi connectivity index (χ0v) is 10.2. The van der Waals surface area contributed by atoms with E-state index in [1.54, 1.807) is 0 Å². The molecular formula is C11H29N. The summed E-state index contributed by atoms with van der Waals surface area (Å²) in [6.45, 7) is 14.4. The highest BCUT2D eigenvalue weighted by molar-refractivity contribution is 4.74. The molecule has 0 aromatic heterocycles. The van der Waals surface area contributed by atoms with Gasteiger partial charge >= 0.3 is 0 Å². The summed E-state index contributed by atoms with van der Waals surface area (Å²) in [5.41, 5.74) is 5.92. The first-order valence-corrected chi connectivity index (χ1v) is 5.41. The first-order valence-electron chi connectivity index (χ1n) is 5.41. The SMILES string of the molecule is CC.CC.CCCC(C)(N)CC. The quantitative estimate of drug-likeness (QED) is 0.690. The van der Waals surface area contributed by atoms with E-state index in [1.807, 2.05) is 27.7 Å². The Morgan fingerprint density at radius 3 is 1.42 bits per heavy atom. The molecule has 0 aromatic rings. The molecule has 0 aliphatic rings. The molecule has 1 heteroatoms. The lowest BCUT2D eigenvalue weighted by Gasteiger charge is -2.20. The van der Waals surface area contributed by atoms with Crippen LogP contribution in [0.2, 0.25) is 0 Å². The van der Waals surface area contributed by atoms with Crippen molar-refractivity contribution in [1.82, 2.24) is 0 Å². The molecule has 1 unspecified atom stereocenters. The second-order valence-corrected chi connectivity index (χ2v) is 2.76. The maximum atomic E-state index is 5.83. The van der Waals surface area contributed by atoms with Gasteiger partial charge in [0.05, 0.1) is 0 Å². The number of nitrogens with two attached hydrogens (primary N) is 1. The van der Waals surface area contributed by atoms with Gasteiger partial charge in [0.15, 0.2) is 0 Å². The van der Waals surface area contributed by atoms with E-state index in [1.165, 1.54) is 6.42 Å². The predicted octanol–water partition coefficient (Wildman–Crippen LogP) is 3.97. The molecular weight excluding hydrogens is 146 g/mol. The Morgan fingerprint density at radius 1 is 1.00 bits per heavy atom. The highest BCUT2D eigenvalue weighted by Gasteiger charge is 2.12. The van der Waals surface area contributed by atoms with Crippen molar-refractivity contribution in [3.05, 3.63) is 0 Å². The van der Waals surface area contributed by atoms with Crippen LogP contribution in [0.4, 0.5) is 0 Å². The molecule has 0 saturated carbocycles. The summed E-state index contributed by atoms with van der Waals surface area (Å²) in [7, 11) is 0. The molecule has 0 aliphatic heterocycles. The number of hydrogen-bond donors (Lipinski definition) is 1. The molecule has 0 radical (unpaired) electrons. The molecule has 0 fully saturated rings. The molecule has 0 rings (SSSR count). The molecule has 0 amide bonds. The Kier molecular flexibility index (Phi) is 20.2. The van der Waals surface area contributed by atoms with E-state index in [0.29, 0.717) is 0 Å². The lowest BCUT2D eigenvalue weighted by molar-refractivity contribution is 0.414. The highest BCUT2D eigenvalue weighted by Crippen LogP contribution is 2.11. The molecule has 1 atom stereocenters. The van der Waals surface area contributed by atoms with Gasteiger partial charge in [-0.05, 0) is 19.8 Å². The van der Waals surface area contributed by atoms with Crippen LogP contribution in [0.5, 0.6) is 0 Å². The van der Waals surface area contributed by atoms with E-state index in [0.717, 1.165) is 12.8 Å². The Labute approximate surface area is 79.7 Å². The largest absolute Gasteiger partial charge is 0.325 e. The standard InChI is InChI=1S/C7H17N.2C2H6/c1-4-6-7(3,8)5-2;2*1-2/h4-6,8H2,1-3H3;2*1-2H3. The van der Waals surface area contributed by atoms with E-state index < -0.39 is 0 Å². The molecule has 2 N–H and O–H groups in total. The van der Waals surface area contributed by atoms with Gasteiger partial charge in [0.2, 0.25) is 0 Å². The molecule has 0 aliphatic carbocycles. The second-order valence-electron chi connectivity index (χ2n) is 2.76. The first kappa shape index (κ1) is 17.9. The molecule has 1 nitrogen and oxygen atoms in total. The number of hydrogen-bond acceptors (Lipinski definition) is 1. The Balaban J connectivity index is -0.000000175. The fourth-order valence-corrected chi connectivity index (χ4v) is 0.748. The third-order valence-corrected chi connectivity index (χ3v) is 1.63. The van der Waals surface area contributed by atoms with Crippen LogP contribution in [0.1, 0.15) is 67.7 Å². The maximum absolute atomic E-state index is 5.83. The Morgan fingerprint density at radius 2 is 1.33 bits per heavy atom. The summed E-state index contributed by atoms with van der Waals surface area (Å²) in [5.74, 6) is 0. The highest BCUT2D eigenvalue weighted by atomic mass is 14.7. The van der Waals surface area contributed by atoms with E-state index in [4.69, 9.17) is 5.73 Å². The average Bonchev–Trinajstić information content (AvgIpc) is 2.12. The van der Waals surface area contributed by atoms with Crippen molar-refractivity contribution in [1.29, 1.82) is 0 Å². The lowest BCUT2D eigenvalue weighted by atomic mass is 9.95. The fourth-order valence-electron chi connectivity index (χ4n) is 0.748. The van der Waals surface area contributed by atoms with Crippen LogP contribution < -0.4 is 5.73 Å². The molecule has 0 heterocycles. The van der Waals surface area contributed by atoms with Crippen molar-refractivity contribution >= 4 is 0 Å². The average molecular weight is 175 g/mol. The molecule has 78 valence electrons. The minimum atomic E-state index is 0.0920. The minimum absolute atomic E-state index is 0.0920. The summed E-state index contributed by atoms with van der Waals surface area (Å²) in [5, 5.41) is 0. The third-order valence-electron chi connectivity index (χ3n) is 1.63. The van der Waals surface area contributed by atoms with E-state index in [9.17, 15) is 0 Å². The molecule has 0 spiro atoms. The topological polar surface area (TPSA) is 26.0 Å². The van der Waals surface area contributed by atoms with Gasteiger partial charge in [0, 0.05) is 5.54 Å². The summed E-state index contributed by atoms with van der Waals surface area (Å²) in [4.78, 5) is 0. The molecule has 0 aromatic carbocycles. The Bertz CT molecular complexity index is 58.0. The first-order chi connectivity index (χ1) is 5.62. The molecule has 12 heavy (non-hydrogen) atoms. The van der Waals surface area contributed by atoms with Gasteiger partial charge in [-0.2, -0.15) is 0 Å². The van der Waals surface area contributed by atoms with Crippen LogP contribution in [0.15, 0.2) is 0 Å². The third kappa shape index (κ3) is 16.5. The van der Waals surface area contributed by atoms with Crippen LogP contribution >= 0.6 is 0 Å². The minimum Gasteiger partial charge on any atom is -0.325 e. The summed E-state index contributed by atoms with van der Waals surface area (Å²) >= 11 is 0. The van der Waals surface area contributed by atoms with E-state index in [2.05, 4.69) is 20.8 Å². The summed E-state index contributed by atoms with van der Waals surface area (Å²) < 4.78 is 0. The van der Waals surface area contributed by atoms with Crippen molar-refractivity contribution in [2.45, 2.75) is 73.3 Å². The fraction of sp³-hybridized carbons (Fsp3) is 1.00. The van der Waals surface area contributed by atoms with Crippen LogP contribution in [0, 0.1) is 0 Å². The normalized spacial score (nSPS) is 13.0. The van der Waals surface area contributed by atoms with Crippen molar-refractivity contribution in [3.8, 4) is 0 Å². The maximum Gasteiger partial charge on any atom is 0.0123 e. The van der Waals surface area contributed by atoms with Crippen LogP contribution in [-0.2, 0) is 0 Å². The van der Waals surface area contributed by atoms with Gasteiger partial charge in [-0.15, -0.1) is 0 Å².